The Labute approximate surface area is 122 Å². The van der Waals surface area contributed by atoms with Gasteiger partial charge in [0.1, 0.15) is 5.82 Å². The molecule has 3 heteroatoms. The van der Waals surface area contributed by atoms with Gasteiger partial charge in [0.25, 0.3) is 0 Å². The zero-order valence-electron chi connectivity index (χ0n) is 12.9. The van der Waals surface area contributed by atoms with Gasteiger partial charge in [0.2, 0.25) is 0 Å². The Balaban J connectivity index is 2.11. The van der Waals surface area contributed by atoms with Gasteiger partial charge in [0.05, 0.1) is 0 Å². The summed E-state index contributed by atoms with van der Waals surface area (Å²) >= 11 is 0. The van der Waals surface area contributed by atoms with E-state index in [2.05, 4.69) is 25.9 Å². The average molecular weight is 278 g/mol. The van der Waals surface area contributed by atoms with Crippen LogP contribution < -0.4 is 5.73 Å². The monoisotopic (exact) mass is 278 g/mol. The van der Waals surface area contributed by atoms with Gasteiger partial charge in [-0.1, -0.05) is 19.1 Å². The predicted molar refractivity (Wildman–Crippen MR) is 82.1 cm³/mol. The smallest absolute Gasteiger partial charge is 0.123 e. The van der Waals surface area contributed by atoms with Crippen LogP contribution in [0.1, 0.15) is 38.2 Å². The molecule has 0 radical (unpaired) electrons. The van der Waals surface area contributed by atoms with Crippen LogP contribution in [0.25, 0.3) is 0 Å². The van der Waals surface area contributed by atoms with Gasteiger partial charge in [0.15, 0.2) is 0 Å². The van der Waals surface area contributed by atoms with E-state index in [1.807, 2.05) is 12.1 Å². The lowest BCUT2D eigenvalue weighted by Crippen LogP contribution is -2.59. The highest BCUT2D eigenvalue weighted by atomic mass is 19.1. The number of rotatable bonds is 4. The molecule has 0 amide bonds. The van der Waals surface area contributed by atoms with Crippen molar-refractivity contribution in [2.24, 2.45) is 11.7 Å². The molecule has 1 aliphatic carbocycles. The van der Waals surface area contributed by atoms with Crippen molar-refractivity contribution in [2.45, 2.75) is 50.6 Å². The summed E-state index contributed by atoms with van der Waals surface area (Å²) in [5.41, 5.74) is 7.77. The molecule has 2 nitrogen and oxygen atoms in total. The topological polar surface area (TPSA) is 29.3 Å². The van der Waals surface area contributed by atoms with Crippen LogP contribution in [0.5, 0.6) is 0 Å². The van der Waals surface area contributed by atoms with Gasteiger partial charge < -0.3 is 10.6 Å². The number of likely N-dealkylation sites (N-methyl/N-ethyl adjacent to an activating group) is 1. The number of hydrogen-bond acceptors (Lipinski definition) is 2. The number of nitrogens with two attached hydrogens (primary N) is 1. The van der Waals surface area contributed by atoms with E-state index in [1.165, 1.54) is 25.0 Å². The maximum atomic E-state index is 13.0. The molecule has 2 rings (SSSR count). The minimum atomic E-state index is -0.184. The van der Waals surface area contributed by atoms with E-state index in [4.69, 9.17) is 5.73 Å². The summed E-state index contributed by atoms with van der Waals surface area (Å²) in [6, 6.07) is 6.84. The summed E-state index contributed by atoms with van der Waals surface area (Å²) in [6.45, 7) is 2.32. The second-order valence-electron chi connectivity index (χ2n) is 6.62. The molecule has 0 spiro atoms. The van der Waals surface area contributed by atoms with Crippen LogP contribution in [0.3, 0.4) is 0 Å². The molecular weight excluding hydrogens is 251 g/mol. The van der Waals surface area contributed by atoms with Crippen molar-refractivity contribution < 1.29 is 4.39 Å². The number of halogens is 1. The lowest BCUT2D eigenvalue weighted by molar-refractivity contribution is 0.0568. The van der Waals surface area contributed by atoms with E-state index in [0.29, 0.717) is 0 Å². The fourth-order valence-electron chi connectivity index (χ4n) is 3.48. The van der Waals surface area contributed by atoms with Gasteiger partial charge in [-0.15, -0.1) is 0 Å². The lowest BCUT2D eigenvalue weighted by atomic mass is 9.71. The molecule has 1 aromatic carbocycles. The normalized spacial score (nSPS) is 28.6. The summed E-state index contributed by atoms with van der Waals surface area (Å²) in [7, 11) is 4.28. The van der Waals surface area contributed by atoms with Gasteiger partial charge in [-0.2, -0.15) is 0 Å². The van der Waals surface area contributed by atoms with E-state index >= 15 is 0 Å². The third kappa shape index (κ3) is 3.21. The first kappa shape index (κ1) is 15.5. The summed E-state index contributed by atoms with van der Waals surface area (Å²) in [5, 5.41) is 0. The molecule has 1 unspecified atom stereocenters. The van der Waals surface area contributed by atoms with Crippen LogP contribution in [-0.2, 0) is 6.42 Å². The van der Waals surface area contributed by atoms with Gasteiger partial charge in [0, 0.05) is 11.6 Å². The number of nitrogens with zero attached hydrogens (tertiary/aromatic N) is 1. The van der Waals surface area contributed by atoms with Crippen LogP contribution in [0.15, 0.2) is 24.3 Å². The first-order chi connectivity index (χ1) is 9.44. The van der Waals surface area contributed by atoms with Gasteiger partial charge in [-0.25, -0.2) is 4.39 Å². The molecule has 20 heavy (non-hydrogen) atoms. The molecule has 2 N–H and O–H groups in total. The zero-order valence-corrected chi connectivity index (χ0v) is 12.9. The Kier molecular flexibility index (Phi) is 4.82. The Morgan fingerprint density at radius 1 is 1.25 bits per heavy atom. The third-order valence-corrected chi connectivity index (χ3v) is 5.09. The molecule has 0 heterocycles. The van der Waals surface area contributed by atoms with Crippen molar-refractivity contribution >= 4 is 0 Å². The Morgan fingerprint density at radius 2 is 1.80 bits per heavy atom. The Hall–Kier alpha value is -0.930. The molecule has 0 aliphatic heterocycles. The minimum absolute atomic E-state index is 0.0842. The van der Waals surface area contributed by atoms with E-state index < -0.39 is 0 Å². The quantitative estimate of drug-likeness (QED) is 0.916. The molecule has 0 aromatic heterocycles. The van der Waals surface area contributed by atoms with Gasteiger partial charge in [-0.05, 0) is 69.8 Å². The largest absolute Gasteiger partial charge is 0.326 e. The van der Waals surface area contributed by atoms with Crippen LogP contribution in [-0.4, -0.2) is 30.6 Å². The standard InChI is InChI=1S/C17H27FN2/c1-13-8-10-17(11-9-13,20(2)3)16(19)12-14-4-6-15(18)7-5-14/h4-7,13,16H,8-12,19H2,1-3H3. The molecule has 0 saturated heterocycles. The molecule has 1 atom stereocenters. The summed E-state index contributed by atoms with van der Waals surface area (Å²) in [5.74, 6) is 0.622. The molecule has 112 valence electrons. The van der Waals surface area contributed by atoms with Gasteiger partial charge >= 0.3 is 0 Å². The summed E-state index contributed by atoms with van der Waals surface area (Å²) < 4.78 is 13.0. The highest BCUT2D eigenvalue weighted by Crippen LogP contribution is 2.37. The molecule has 1 aliphatic rings. The van der Waals surface area contributed by atoms with Crippen molar-refractivity contribution in [3.8, 4) is 0 Å². The average Bonchev–Trinajstić information content (AvgIpc) is 2.42. The van der Waals surface area contributed by atoms with E-state index in [9.17, 15) is 4.39 Å². The molecular formula is C17H27FN2. The number of hydrogen-bond donors (Lipinski definition) is 1. The highest BCUT2D eigenvalue weighted by molar-refractivity contribution is 5.19. The molecule has 1 saturated carbocycles. The fraction of sp³-hybridized carbons (Fsp3) is 0.647. The molecule has 1 fully saturated rings. The lowest BCUT2D eigenvalue weighted by Gasteiger charge is -2.48. The van der Waals surface area contributed by atoms with Gasteiger partial charge in [-0.3, -0.25) is 0 Å². The van der Waals surface area contributed by atoms with E-state index in [1.54, 1.807) is 0 Å². The highest BCUT2D eigenvalue weighted by Gasteiger charge is 2.41. The third-order valence-electron chi connectivity index (χ3n) is 5.09. The van der Waals surface area contributed by atoms with Crippen LogP contribution in [0.2, 0.25) is 0 Å². The maximum Gasteiger partial charge on any atom is 0.123 e. The van der Waals surface area contributed by atoms with Crippen molar-refractivity contribution in [2.75, 3.05) is 14.1 Å². The van der Waals surface area contributed by atoms with Crippen molar-refractivity contribution in [1.82, 2.24) is 4.90 Å². The minimum Gasteiger partial charge on any atom is -0.326 e. The Bertz CT molecular complexity index is 419. The molecule has 1 aromatic rings. The van der Waals surface area contributed by atoms with Crippen molar-refractivity contribution in [3.05, 3.63) is 35.6 Å². The summed E-state index contributed by atoms with van der Waals surface area (Å²) in [4.78, 5) is 2.31. The summed E-state index contributed by atoms with van der Waals surface area (Å²) in [6.07, 6.45) is 5.62. The van der Waals surface area contributed by atoms with Crippen molar-refractivity contribution in [1.29, 1.82) is 0 Å². The second-order valence-corrected chi connectivity index (χ2v) is 6.62. The van der Waals surface area contributed by atoms with Crippen molar-refractivity contribution in [3.63, 3.8) is 0 Å². The first-order valence-corrected chi connectivity index (χ1v) is 7.61. The van der Waals surface area contributed by atoms with Crippen LogP contribution >= 0.6 is 0 Å². The Morgan fingerprint density at radius 3 is 2.30 bits per heavy atom. The molecule has 0 bridgehead atoms. The number of benzene rings is 1. The zero-order chi connectivity index (χ0) is 14.8. The van der Waals surface area contributed by atoms with E-state index in [0.717, 1.165) is 30.7 Å². The second kappa shape index (κ2) is 6.23. The van der Waals surface area contributed by atoms with E-state index in [-0.39, 0.29) is 17.4 Å². The predicted octanol–water partition coefficient (Wildman–Crippen LogP) is 3.21. The maximum absolute atomic E-state index is 13.0. The SMILES string of the molecule is CC1CCC(C(N)Cc2ccc(F)cc2)(N(C)C)CC1. The first-order valence-electron chi connectivity index (χ1n) is 7.61. The van der Waals surface area contributed by atoms with Crippen LogP contribution in [0, 0.1) is 11.7 Å². The fourth-order valence-corrected chi connectivity index (χ4v) is 3.48. The van der Waals surface area contributed by atoms with Crippen LogP contribution in [0.4, 0.5) is 4.39 Å².